The molecular formula is C22H14ClN3S. The number of nitrogens with zero attached hydrogens (tertiary/aromatic N) is 3. The highest BCUT2D eigenvalue weighted by Gasteiger charge is 2.11. The van der Waals surface area contributed by atoms with Crippen molar-refractivity contribution in [3.05, 3.63) is 81.3 Å². The summed E-state index contributed by atoms with van der Waals surface area (Å²) in [4.78, 5) is 9.06. The third-order valence-corrected chi connectivity index (χ3v) is 5.35. The second-order valence-corrected chi connectivity index (χ2v) is 7.35. The van der Waals surface area contributed by atoms with E-state index in [9.17, 15) is 5.26 Å². The zero-order valence-corrected chi connectivity index (χ0v) is 16.1. The monoisotopic (exact) mass is 387 g/mol. The van der Waals surface area contributed by atoms with Gasteiger partial charge >= 0.3 is 0 Å². The number of thiazole rings is 1. The molecular weight excluding hydrogens is 374 g/mol. The van der Waals surface area contributed by atoms with E-state index in [2.05, 4.69) is 22.1 Å². The van der Waals surface area contributed by atoms with Crippen LogP contribution < -0.4 is 0 Å². The molecule has 4 aromatic rings. The number of rotatable bonds is 3. The number of aryl methyl sites for hydroxylation is 1. The molecule has 2 heterocycles. The minimum atomic E-state index is 0.374. The topological polar surface area (TPSA) is 49.6 Å². The van der Waals surface area contributed by atoms with Gasteiger partial charge in [-0.1, -0.05) is 53.6 Å². The van der Waals surface area contributed by atoms with E-state index < -0.39 is 0 Å². The van der Waals surface area contributed by atoms with Crippen LogP contribution >= 0.6 is 22.9 Å². The van der Waals surface area contributed by atoms with Gasteiger partial charge in [0.1, 0.15) is 16.2 Å². The Hall–Kier alpha value is -3.00. The second-order valence-electron chi connectivity index (χ2n) is 6.14. The van der Waals surface area contributed by atoms with Gasteiger partial charge in [-0.2, -0.15) is 5.26 Å². The SMILES string of the molecule is Cc1ccc2nc(Cl)c(C=C(C#N)c3nc(-c4ccccc4)cs3)cc2c1. The Bertz CT molecular complexity index is 1200. The molecule has 2 aromatic carbocycles. The van der Waals surface area contributed by atoms with Crippen LogP contribution in [0.1, 0.15) is 16.1 Å². The van der Waals surface area contributed by atoms with E-state index >= 15 is 0 Å². The van der Waals surface area contributed by atoms with E-state index in [1.54, 1.807) is 6.08 Å². The second kappa shape index (κ2) is 7.32. The molecule has 0 aliphatic carbocycles. The maximum absolute atomic E-state index is 9.65. The number of allylic oxidation sites excluding steroid dienone is 1. The Kier molecular flexibility index (Phi) is 4.72. The van der Waals surface area contributed by atoms with Crippen molar-refractivity contribution in [1.82, 2.24) is 9.97 Å². The number of hydrogen-bond donors (Lipinski definition) is 0. The third-order valence-electron chi connectivity index (χ3n) is 4.18. The fourth-order valence-corrected chi connectivity index (χ4v) is 3.82. The highest BCUT2D eigenvalue weighted by atomic mass is 35.5. The van der Waals surface area contributed by atoms with Gasteiger partial charge < -0.3 is 0 Å². The zero-order valence-electron chi connectivity index (χ0n) is 14.5. The van der Waals surface area contributed by atoms with Crippen molar-refractivity contribution in [3.63, 3.8) is 0 Å². The number of benzene rings is 2. The molecule has 0 N–H and O–H groups in total. The Balaban J connectivity index is 1.76. The van der Waals surface area contributed by atoms with E-state index in [4.69, 9.17) is 11.6 Å². The van der Waals surface area contributed by atoms with E-state index in [0.29, 0.717) is 21.3 Å². The van der Waals surface area contributed by atoms with Crippen molar-refractivity contribution in [2.45, 2.75) is 6.92 Å². The zero-order chi connectivity index (χ0) is 18.8. The number of hydrogen-bond acceptors (Lipinski definition) is 4. The molecule has 0 saturated carbocycles. The molecule has 0 spiro atoms. The lowest BCUT2D eigenvalue weighted by Gasteiger charge is -2.04. The predicted molar refractivity (Wildman–Crippen MR) is 113 cm³/mol. The lowest BCUT2D eigenvalue weighted by Crippen LogP contribution is -1.88. The first kappa shape index (κ1) is 17.4. The van der Waals surface area contributed by atoms with Crippen LogP contribution in [0.25, 0.3) is 33.8 Å². The van der Waals surface area contributed by atoms with Crippen molar-refractivity contribution in [1.29, 1.82) is 5.26 Å². The molecule has 0 unspecified atom stereocenters. The van der Waals surface area contributed by atoms with Gasteiger partial charge in [-0.3, -0.25) is 0 Å². The summed E-state index contributed by atoms with van der Waals surface area (Å²) in [6, 6.07) is 20.1. The number of pyridine rings is 1. The van der Waals surface area contributed by atoms with Gasteiger partial charge in [-0.25, -0.2) is 9.97 Å². The van der Waals surface area contributed by atoms with Gasteiger partial charge in [-0.05, 0) is 31.2 Å². The molecule has 3 nitrogen and oxygen atoms in total. The molecule has 0 amide bonds. The summed E-state index contributed by atoms with van der Waals surface area (Å²) in [5, 5.41) is 13.6. The van der Waals surface area contributed by atoms with Gasteiger partial charge in [0.05, 0.1) is 16.8 Å². The Labute approximate surface area is 166 Å². The molecule has 5 heteroatoms. The summed E-state index contributed by atoms with van der Waals surface area (Å²) >= 11 is 7.79. The lowest BCUT2D eigenvalue weighted by molar-refractivity contribution is 1.36. The fraction of sp³-hybridized carbons (Fsp3) is 0.0455. The standard InChI is InChI=1S/C22H14ClN3S/c1-14-7-8-19-16(9-14)10-17(21(23)25-19)11-18(12-24)22-26-20(13-27-22)15-5-3-2-4-6-15/h2-11,13H,1H3. The molecule has 130 valence electrons. The summed E-state index contributed by atoms with van der Waals surface area (Å²) in [5.41, 5.74) is 5.05. The summed E-state index contributed by atoms with van der Waals surface area (Å²) < 4.78 is 0. The van der Waals surface area contributed by atoms with Crippen molar-refractivity contribution in [2.24, 2.45) is 0 Å². The molecule has 0 bridgehead atoms. The summed E-state index contributed by atoms with van der Waals surface area (Å²) in [6.07, 6.45) is 1.75. The maximum Gasteiger partial charge on any atom is 0.137 e. The number of aromatic nitrogens is 2. The van der Waals surface area contributed by atoms with Crippen molar-refractivity contribution in [3.8, 4) is 17.3 Å². The molecule has 0 aliphatic heterocycles. The molecule has 0 fully saturated rings. The van der Waals surface area contributed by atoms with Crippen LogP contribution in [0.2, 0.25) is 5.15 Å². The van der Waals surface area contributed by atoms with Gasteiger partial charge in [-0.15, -0.1) is 11.3 Å². The fourth-order valence-electron chi connectivity index (χ4n) is 2.83. The highest BCUT2D eigenvalue weighted by Crippen LogP contribution is 2.29. The molecule has 0 atom stereocenters. The van der Waals surface area contributed by atoms with Crippen LogP contribution in [0.15, 0.2) is 60.0 Å². The molecule has 0 saturated heterocycles. The highest BCUT2D eigenvalue weighted by molar-refractivity contribution is 7.11. The molecule has 0 radical (unpaired) electrons. The molecule has 2 aromatic heterocycles. The van der Waals surface area contributed by atoms with Crippen LogP contribution in [0, 0.1) is 18.3 Å². The van der Waals surface area contributed by atoms with Gasteiger partial charge in [0.25, 0.3) is 0 Å². The van der Waals surface area contributed by atoms with Crippen molar-refractivity contribution >= 4 is 45.5 Å². The molecule has 0 aliphatic rings. The van der Waals surface area contributed by atoms with Crippen LogP contribution in [0.4, 0.5) is 0 Å². The van der Waals surface area contributed by atoms with E-state index in [0.717, 1.165) is 27.7 Å². The van der Waals surface area contributed by atoms with Gasteiger partial charge in [0.2, 0.25) is 0 Å². The van der Waals surface area contributed by atoms with Gasteiger partial charge in [0.15, 0.2) is 0 Å². The average molecular weight is 388 g/mol. The first-order valence-corrected chi connectivity index (χ1v) is 9.60. The van der Waals surface area contributed by atoms with Crippen LogP contribution in [-0.4, -0.2) is 9.97 Å². The predicted octanol–water partition coefficient (Wildman–Crippen LogP) is 6.38. The van der Waals surface area contributed by atoms with Crippen molar-refractivity contribution in [2.75, 3.05) is 0 Å². The van der Waals surface area contributed by atoms with E-state index in [-0.39, 0.29) is 0 Å². The molecule has 4 rings (SSSR count). The number of halogens is 1. The summed E-state index contributed by atoms with van der Waals surface area (Å²) in [7, 11) is 0. The Morgan fingerprint density at radius 2 is 1.93 bits per heavy atom. The summed E-state index contributed by atoms with van der Waals surface area (Å²) in [6.45, 7) is 2.03. The van der Waals surface area contributed by atoms with Crippen LogP contribution in [0.3, 0.4) is 0 Å². The minimum absolute atomic E-state index is 0.374. The number of nitriles is 1. The quantitative estimate of drug-likeness (QED) is 0.302. The first-order chi connectivity index (χ1) is 13.1. The van der Waals surface area contributed by atoms with Crippen LogP contribution in [0.5, 0.6) is 0 Å². The van der Waals surface area contributed by atoms with Crippen LogP contribution in [-0.2, 0) is 0 Å². The molecule has 27 heavy (non-hydrogen) atoms. The summed E-state index contributed by atoms with van der Waals surface area (Å²) in [5.74, 6) is 0. The third kappa shape index (κ3) is 3.61. The Morgan fingerprint density at radius 1 is 1.11 bits per heavy atom. The van der Waals surface area contributed by atoms with E-state index in [1.165, 1.54) is 11.3 Å². The minimum Gasteiger partial charge on any atom is -0.235 e. The van der Waals surface area contributed by atoms with E-state index in [1.807, 2.05) is 60.8 Å². The first-order valence-electron chi connectivity index (χ1n) is 8.34. The smallest absolute Gasteiger partial charge is 0.137 e. The Morgan fingerprint density at radius 3 is 2.70 bits per heavy atom. The maximum atomic E-state index is 9.65. The number of fused-ring (bicyclic) bond motifs is 1. The van der Waals surface area contributed by atoms with Crippen molar-refractivity contribution < 1.29 is 0 Å². The average Bonchev–Trinajstić information content (AvgIpc) is 3.17. The largest absolute Gasteiger partial charge is 0.235 e. The normalized spacial score (nSPS) is 11.5. The lowest BCUT2D eigenvalue weighted by atomic mass is 10.1. The van der Waals surface area contributed by atoms with Gasteiger partial charge in [0, 0.05) is 21.9 Å².